The van der Waals surface area contributed by atoms with E-state index in [1.165, 1.54) is 6.92 Å². The first-order valence-corrected chi connectivity index (χ1v) is 5.54. The van der Waals surface area contributed by atoms with Gasteiger partial charge in [-0.05, 0) is 12.8 Å². The van der Waals surface area contributed by atoms with E-state index < -0.39 is 35.1 Å². The quantitative estimate of drug-likeness (QED) is 0.551. The highest BCUT2D eigenvalue weighted by molar-refractivity contribution is 5.76. The summed E-state index contributed by atoms with van der Waals surface area (Å²) >= 11 is 0. The predicted octanol–water partition coefficient (Wildman–Crippen LogP) is 3.55. The van der Waals surface area contributed by atoms with Gasteiger partial charge in [0.05, 0.1) is 0 Å². The van der Waals surface area contributed by atoms with E-state index in [9.17, 15) is 17.6 Å². The topological polar surface area (TPSA) is 21.6 Å². The van der Waals surface area contributed by atoms with E-state index in [0.29, 0.717) is 6.42 Å². The fraction of sp³-hybridized carbons (Fsp3) is 0.583. The summed E-state index contributed by atoms with van der Waals surface area (Å²) in [6.07, 6.45) is -4.48. The minimum Gasteiger partial charge on any atom is -0.478 e. The SMILES string of the molecule is C=C(F)C(=C)C1(C(F)(F)F)N=C(C)OC2CCC21. The third-order valence-electron chi connectivity index (χ3n) is 3.62. The summed E-state index contributed by atoms with van der Waals surface area (Å²) < 4.78 is 58.6. The van der Waals surface area contributed by atoms with E-state index in [1.807, 2.05) is 0 Å². The van der Waals surface area contributed by atoms with E-state index >= 15 is 0 Å². The Morgan fingerprint density at radius 3 is 2.39 bits per heavy atom. The minimum absolute atomic E-state index is 0.0873. The van der Waals surface area contributed by atoms with Crippen LogP contribution in [-0.2, 0) is 4.74 Å². The molecule has 0 N–H and O–H groups in total. The first kappa shape index (κ1) is 13.1. The van der Waals surface area contributed by atoms with Crippen LogP contribution in [0.4, 0.5) is 17.6 Å². The van der Waals surface area contributed by atoms with Gasteiger partial charge >= 0.3 is 6.18 Å². The molecule has 1 saturated carbocycles. The number of halogens is 4. The third-order valence-corrected chi connectivity index (χ3v) is 3.62. The molecule has 3 atom stereocenters. The molecular weight excluding hydrogens is 250 g/mol. The van der Waals surface area contributed by atoms with Crippen LogP contribution in [0.1, 0.15) is 19.8 Å². The van der Waals surface area contributed by atoms with Gasteiger partial charge < -0.3 is 4.74 Å². The summed E-state index contributed by atoms with van der Waals surface area (Å²) in [5, 5.41) is 0. The molecule has 0 saturated heterocycles. The van der Waals surface area contributed by atoms with Crippen LogP contribution >= 0.6 is 0 Å². The van der Waals surface area contributed by atoms with Crippen molar-refractivity contribution in [3.05, 3.63) is 24.6 Å². The Labute approximate surface area is 102 Å². The Morgan fingerprint density at radius 1 is 1.39 bits per heavy atom. The molecule has 0 bridgehead atoms. The molecule has 0 aromatic rings. The van der Waals surface area contributed by atoms with Crippen LogP contribution in [0.5, 0.6) is 0 Å². The second-order valence-electron chi connectivity index (χ2n) is 4.62. The number of nitrogens with zero attached hydrogens (tertiary/aromatic N) is 1. The smallest absolute Gasteiger partial charge is 0.418 e. The standard InChI is InChI=1S/C12H13F4NO/c1-6(7(2)13)11(12(14,15)16)9-4-5-10(9)18-8(3)17-11/h9-10H,1-2,4-5H2,3H3. The van der Waals surface area contributed by atoms with Crippen molar-refractivity contribution in [1.29, 1.82) is 0 Å². The number of aliphatic imine (C=N–C) groups is 1. The lowest BCUT2D eigenvalue weighted by Crippen LogP contribution is -2.62. The fourth-order valence-corrected chi connectivity index (χ4v) is 2.61. The molecule has 0 aromatic carbocycles. The highest BCUT2D eigenvalue weighted by Gasteiger charge is 2.68. The number of hydrogen-bond acceptors (Lipinski definition) is 2. The van der Waals surface area contributed by atoms with Crippen LogP contribution in [0, 0.1) is 5.92 Å². The van der Waals surface area contributed by atoms with Gasteiger partial charge in [0.1, 0.15) is 11.9 Å². The van der Waals surface area contributed by atoms with Gasteiger partial charge in [-0.3, -0.25) is 0 Å². The maximum absolute atomic E-state index is 13.4. The average Bonchev–Trinajstić information content (AvgIpc) is 2.19. The lowest BCUT2D eigenvalue weighted by molar-refractivity contribution is -0.215. The van der Waals surface area contributed by atoms with Gasteiger partial charge in [0, 0.05) is 18.4 Å². The number of alkyl halides is 3. The number of rotatable bonds is 2. The van der Waals surface area contributed by atoms with E-state index in [-0.39, 0.29) is 12.3 Å². The van der Waals surface area contributed by atoms with Gasteiger partial charge in [-0.25, -0.2) is 9.38 Å². The summed E-state index contributed by atoms with van der Waals surface area (Å²) in [7, 11) is 0. The molecule has 2 aliphatic rings. The van der Waals surface area contributed by atoms with Crippen molar-refractivity contribution in [2.24, 2.45) is 10.9 Å². The molecule has 1 aliphatic heterocycles. The molecular formula is C12H13F4NO. The van der Waals surface area contributed by atoms with Gasteiger partial charge in [0.2, 0.25) is 0 Å². The molecule has 0 spiro atoms. The lowest BCUT2D eigenvalue weighted by Gasteiger charge is -2.51. The monoisotopic (exact) mass is 263 g/mol. The molecule has 0 amide bonds. The van der Waals surface area contributed by atoms with Crippen LogP contribution in [0.2, 0.25) is 0 Å². The van der Waals surface area contributed by atoms with E-state index in [1.54, 1.807) is 0 Å². The van der Waals surface area contributed by atoms with Crippen LogP contribution in [0.25, 0.3) is 0 Å². The summed E-state index contributed by atoms with van der Waals surface area (Å²) in [6, 6.07) is 0. The largest absolute Gasteiger partial charge is 0.478 e. The van der Waals surface area contributed by atoms with Crippen molar-refractivity contribution in [2.45, 2.75) is 37.6 Å². The number of fused-ring (bicyclic) bond motifs is 1. The molecule has 6 heteroatoms. The highest BCUT2D eigenvalue weighted by atomic mass is 19.4. The minimum atomic E-state index is -4.71. The van der Waals surface area contributed by atoms with Crippen molar-refractivity contribution in [3.63, 3.8) is 0 Å². The Morgan fingerprint density at radius 2 is 2.00 bits per heavy atom. The second kappa shape index (κ2) is 3.83. The molecule has 0 aromatic heterocycles. The van der Waals surface area contributed by atoms with E-state index in [0.717, 1.165) is 0 Å². The highest BCUT2D eigenvalue weighted by Crippen LogP contribution is 2.55. The summed E-state index contributed by atoms with van der Waals surface area (Å²) in [6.45, 7) is 7.47. The van der Waals surface area contributed by atoms with Crippen molar-refractivity contribution in [1.82, 2.24) is 0 Å². The van der Waals surface area contributed by atoms with E-state index in [4.69, 9.17) is 4.74 Å². The van der Waals surface area contributed by atoms with Gasteiger partial charge in [-0.2, -0.15) is 13.2 Å². The van der Waals surface area contributed by atoms with Crippen LogP contribution in [0.15, 0.2) is 29.6 Å². The lowest BCUT2D eigenvalue weighted by atomic mass is 9.64. The molecule has 1 heterocycles. The van der Waals surface area contributed by atoms with Crippen molar-refractivity contribution < 1.29 is 22.3 Å². The Kier molecular flexibility index (Phi) is 2.79. The zero-order chi connectivity index (χ0) is 13.7. The molecule has 2 nitrogen and oxygen atoms in total. The summed E-state index contributed by atoms with van der Waals surface area (Å²) in [5.74, 6) is -2.19. The molecule has 3 unspecified atom stereocenters. The van der Waals surface area contributed by atoms with Crippen LogP contribution in [-0.4, -0.2) is 23.7 Å². The molecule has 100 valence electrons. The molecule has 1 aliphatic carbocycles. The maximum Gasteiger partial charge on any atom is 0.418 e. The molecule has 1 fully saturated rings. The van der Waals surface area contributed by atoms with Gasteiger partial charge in [0.25, 0.3) is 0 Å². The summed E-state index contributed by atoms with van der Waals surface area (Å²) in [4.78, 5) is 3.56. The Bertz CT molecular complexity index is 440. The van der Waals surface area contributed by atoms with Crippen molar-refractivity contribution >= 4 is 5.90 Å². The maximum atomic E-state index is 13.4. The first-order valence-electron chi connectivity index (χ1n) is 5.54. The fourth-order valence-electron chi connectivity index (χ4n) is 2.61. The molecule has 0 radical (unpaired) electrons. The van der Waals surface area contributed by atoms with Crippen molar-refractivity contribution in [2.75, 3.05) is 0 Å². The third kappa shape index (κ3) is 1.58. The van der Waals surface area contributed by atoms with E-state index in [2.05, 4.69) is 18.2 Å². The zero-order valence-corrected chi connectivity index (χ0v) is 9.85. The Hall–Kier alpha value is -1.33. The van der Waals surface area contributed by atoms with Crippen LogP contribution in [0.3, 0.4) is 0 Å². The first-order chi connectivity index (χ1) is 8.20. The molecule has 2 rings (SSSR count). The Balaban J connectivity index is 2.58. The number of hydrogen-bond donors (Lipinski definition) is 0. The van der Waals surface area contributed by atoms with Crippen LogP contribution < -0.4 is 0 Å². The average molecular weight is 263 g/mol. The van der Waals surface area contributed by atoms with Crippen molar-refractivity contribution in [3.8, 4) is 0 Å². The molecule has 18 heavy (non-hydrogen) atoms. The second-order valence-corrected chi connectivity index (χ2v) is 4.62. The normalized spacial score (nSPS) is 34.8. The van der Waals surface area contributed by atoms with Gasteiger partial charge in [0.15, 0.2) is 11.4 Å². The number of ether oxygens (including phenoxy) is 1. The van der Waals surface area contributed by atoms with Gasteiger partial charge in [-0.15, -0.1) is 0 Å². The predicted molar refractivity (Wildman–Crippen MR) is 58.9 cm³/mol. The van der Waals surface area contributed by atoms with Gasteiger partial charge in [-0.1, -0.05) is 13.2 Å². The summed E-state index contributed by atoms with van der Waals surface area (Å²) in [5.41, 5.74) is -3.34. The zero-order valence-electron chi connectivity index (χ0n) is 9.85.